The zero-order valence-corrected chi connectivity index (χ0v) is 29.0. The van der Waals surface area contributed by atoms with Crippen LogP contribution in [0.5, 0.6) is 5.75 Å². The Hall–Kier alpha value is -4.34. The second-order valence-corrected chi connectivity index (χ2v) is 14.6. The molecule has 4 rings (SSSR count). The van der Waals surface area contributed by atoms with Crippen molar-refractivity contribution in [3.8, 4) is 5.75 Å². The summed E-state index contributed by atoms with van der Waals surface area (Å²) in [5.41, 5.74) is 2.32. The number of halogens is 1. The van der Waals surface area contributed by atoms with Crippen molar-refractivity contribution in [1.29, 1.82) is 0 Å². The molecule has 0 unspecified atom stereocenters. The van der Waals surface area contributed by atoms with Crippen molar-refractivity contribution in [2.75, 3.05) is 17.5 Å². The highest BCUT2D eigenvalue weighted by Crippen LogP contribution is 2.33. The highest BCUT2D eigenvalue weighted by atomic mass is 35.5. The molecule has 0 spiro atoms. The first kappa shape index (κ1) is 35.5. The van der Waals surface area contributed by atoms with Gasteiger partial charge < -0.3 is 15.0 Å². The number of aryl methyl sites for hydroxylation is 1. The van der Waals surface area contributed by atoms with Crippen LogP contribution in [0.1, 0.15) is 44.4 Å². The second-order valence-electron chi connectivity index (χ2n) is 12.3. The Morgan fingerprint density at radius 2 is 1.47 bits per heavy atom. The Morgan fingerprint density at radius 1 is 0.851 bits per heavy atom. The number of carbonyl (C=O) groups is 2. The third kappa shape index (κ3) is 9.59. The molecule has 0 aliphatic rings. The van der Waals surface area contributed by atoms with E-state index in [2.05, 4.69) is 5.32 Å². The first-order valence-corrected chi connectivity index (χ1v) is 17.3. The maximum atomic E-state index is 14.7. The number of hydrogen-bond acceptors (Lipinski definition) is 5. The Bertz CT molecular complexity index is 1760. The molecule has 0 aliphatic carbocycles. The van der Waals surface area contributed by atoms with Crippen LogP contribution in [0.2, 0.25) is 5.02 Å². The van der Waals surface area contributed by atoms with Crippen LogP contribution in [0.15, 0.2) is 108 Å². The summed E-state index contributed by atoms with van der Waals surface area (Å²) in [4.78, 5) is 30.1. The maximum Gasteiger partial charge on any atom is 0.264 e. The number of sulfonamides is 1. The normalized spacial score (nSPS) is 12.2. The monoisotopic (exact) mass is 675 g/mol. The van der Waals surface area contributed by atoms with E-state index in [1.54, 1.807) is 31.2 Å². The molecule has 10 heteroatoms. The molecular formula is C37H42ClN3O5S. The van der Waals surface area contributed by atoms with E-state index in [-0.39, 0.29) is 36.1 Å². The standard InChI is InChI=1S/C37H42ClN3O5S/c1-6-46-34-15-11-10-14-32(34)41(47(44,45)31-22-20-30(38)21-23-31)26-35(42)40(25-29-18-16-27(2)17-19-29)33(36(43)39-37(3,4)5)24-28-12-8-7-9-13-28/h7-23,33H,6,24-26H2,1-5H3,(H,39,43)/t33-/m1/s1. The SMILES string of the molecule is CCOc1ccccc1N(CC(=O)N(Cc1ccc(C)cc1)[C@H](Cc1ccccc1)C(=O)NC(C)(C)C)S(=O)(=O)c1ccc(Cl)cc1. The average molecular weight is 676 g/mol. The largest absolute Gasteiger partial charge is 0.492 e. The summed E-state index contributed by atoms with van der Waals surface area (Å²) in [6.07, 6.45) is 0.222. The lowest BCUT2D eigenvalue weighted by Gasteiger charge is -2.35. The van der Waals surface area contributed by atoms with Crippen LogP contribution in [0, 0.1) is 6.92 Å². The Balaban J connectivity index is 1.85. The van der Waals surface area contributed by atoms with Gasteiger partial charge in [0.25, 0.3) is 10.0 Å². The van der Waals surface area contributed by atoms with Gasteiger partial charge in [0.1, 0.15) is 18.3 Å². The number of carbonyl (C=O) groups excluding carboxylic acids is 2. The van der Waals surface area contributed by atoms with Crippen molar-refractivity contribution in [3.05, 3.63) is 125 Å². The summed E-state index contributed by atoms with van der Waals surface area (Å²) < 4.78 is 35.5. The minimum Gasteiger partial charge on any atom is -0.492 e. The topological polar surface area (TPSA) is 96.0 Å². The minimum atomic E-state index is -4.31. The number of rotatable bonds is 13. The fourth-order valence-electron chi connectivity index (χ4n) is 5.08. The Kier molecular flexibility index (Phi) is 11.7. The predicted octanol–water partition coefficient (Wildman–Crippen LogP) is 6.80. The van der Waals surface area contributed by atoms with Crippen LogP contribution >= 0.6 is 11.6 Å². The molecule has 8 nitrogen and oxygen atoms in total. The van der Waals surface area contributed by atoms with Crippen LogP contribution < -0.4 is 14.4 Å². The smallest absolute Gasteiger partial charge is 0.264 e. The summed E-state index contributed by atoms with van der Waals surface area (Å²) in [5.74, 6) is -0.597. The number of hydrogen-bond donors (Lipinski definition) is 1. The molecule has 1 N–H and O–H groups in total. The van der Waals surface area contributed by atoms with Crippen molar-refractivity contribution in [2.45, 2.75) is 64.1 Å². The highest BCUT2D eigenvalue weighted by molar-refractivity contribution is 7.92. The quantitative estimate of drug-likeness (QED) is 0.168. The van der Waals surface area contributed by atoms with Gasteiger partial charge in [0.15, 0.2) is 0 Å². The van der Waals surface area contributed by atoms with Gasteiger partial charge in [0.2, 0.25) is 11.8 Å². The van der Waals surface area contributed by atoms with Crippen LogP contribution in [-0.2, 0) is 32.6 Å². The molecule has 0 radical (unpaired) electrons. The van der Waals surface area contributed by atoms with Crippen molar-refractivity contribution in [2.24, 2.45) is 0 Å². The number of nitrogens with zero attached hydrogens (tertiary/aromatic N) is 2. The summed E-state index contributed by atoms with van der Waals surface area (Å²) in [5, 5.41) is 3.42. The van der Waals surface area contributed by atoms with Crippen LogP contribution in [0.3, 0.4) is 0 Å². The zero-order valence-electron chi connectivity index (χ0n) is 27.4. The molecule has 0 fully saturated rings. The van der Waals surface area contributed by atoms with Gasteiger partial charge in [-0.15, -0.1) is 0 Å². The highest BCUT2D eigenvalue weighted by Gasteiger charge is 2.36. The van der Waals surface area contributed by atoms with E-state index in [0.29, 0.717) is 10.8 Å². The summed E-state index contributed by atoms with van der Waals surface area (Å²) >= 11 is 6.09. The lowest BCUT2D eigenvalue weighted by molar-refractivity contribution is -0.140. The second kappa shape index (κ2) is 15.5. The van der Waals surface area contributed by atoms with Crippen molar-refractivity contribution < 1.29 is 22.7 Å². The van der Waals surface area contributed by atoms with Crippen molar-refractivity contribution >= 4 is 39.1 Å². The molecule has 1 atom stereocenters. The van der Waals surface area contributed by atoms with E-state index < -0.39 is 34.1 Å². The molecular weight excluding hydrogens is 634 g/mol. The van der Waals surface area contributed by atoms with Crippen LogP contribution in [0.4, 0.5) is 5.69 Å². The maximum absolute atomic E-state index is 14.7. The lowest BCUT2D eigenvalue weighted by Crippen LogP contribution is -2.56. The summed E-state index contributed by atoms with van der Waals surface area (Å²) in [7, 11) is -4.31. The zero-order chi connectivity index (χ0) is 34.2. The molecule has 0 heterocycles. The first-order chi connectivity index (χ1) is 22.3. The van der Waals surface area contributed by atoms with Crippen molar-refractivity contribution in [3.63, 3.8) is 0 Å². The van der Waals surface area contributed by atoms with Gasteiger partial charge in [-0.3, -0.25) is 13.9 Å². The fourth-order valence-corrected chi connectivity index (χ4v) is 6.64. The Morgan fingerprint density at radius 3 is 2.09 bits per heavy atom. The lowest BCUT2D eigenvalue weighted by atomic mass is 10.0. The minimum absolute atomic E-state index is 0.0441. The molecule has 0 saturated carbocycles. The molecule has 2 amide bonds. The van der Waals surface area contributed by atoms with Crippen molar-refractivity contribution in [1.82, 2.24) is 10.2 Å². The number of para-hydroxylation sites is 2. The van der Waals surface area contributed by atoms with Gasteiger partial charge in [-0.05, 0) is 82.1 Å². The van der Waals surface area contributed by atoms with Crippen LogP contribution in [-0.4, -0.2) is 49.9 Å². The van der Waals surface area contributed by atoms with E-state index >= 15 is 0 Å². The van der Waals surface area contributed by atoms with E-state index in [4.69, 9.17) is 16.3 Å². The van der Waals surface area contributed by atoms with Gasteiger partial charge in [0.05, 0.1) is 17.2 Å². The average Bonchev–Trinajstić information content (AvgIpc) is 3.02. The summed E-state index contributed by atoms with van der Waals surface area (Å²) in [6, 6.07) is 28.7. The predicted molar refractivity (Wildman–Crippen MR) is 187 cm³/mol. The number of ether oxygens (including phenoxy) is 1. The first-order valence-electron chi connectivity index (χ1n) is 15.5. The van der Waals surface area contributed by atoms with Gasteiger partial charge >= 0.3 is 0 Å². The molecule has 47 heavy (non-hydrogen) atoms. The third-order valence-electron chi connectivity index (χ3n) is 7.36. The van der Waals surface area contributed by atoms with Crippen LogP contribution in [0.25, 0.3) is 0 Å². The van der Waals surface area contributed by atoms with E-state index in [9.17, 15) is 18.0 Å². The number of nitrogens with one attached hydrogen (secondary N) is 1. The number of amides is 2. The number of benzene rings is 4. The van der Waals surface area contributed by atoms with Gasteiger partial charge in [-0.2, -0.15) is 0 Å². The fraction of sp³-hybridized carbons (Fsp3) is 0.297. The van der Waals surface area contributed by atoms with E-state index in [1.807, 2.05) is 82.3 Å². The summed E-state index contributed by atoms with van der Waals surface area (Å²) in [6.45, 7) is 9.17. The number of anilines is 1. The van der Waals surface area contributed by atoms with Gasteiger partial charge in [-0.1, -0.05) is 83.9 Å². The molecule has 248 valence electrons. The molecule has 4 aromatic carbocycles. The molecule has 0 bridgehead atoms. The molecule has 0 aromatic heterocycles. The molecule has 4 aromatic rings. The molecule has 0 aliphatic heterocycles. The third-order valence-corrected chi connectivity index (χ3v) is 9.38. The van der Waals surface area contributed by atoms with Gasteiger partial charge in [0, 0.05) is 23.5 Å². The molecule has 0 saturated heterocycles. The van der Waals surface area contributed by atoms with E-state index in [1.165, 1.54) is 29.2 Å². The van der Waals surface area contributed by atoms with Gasteiger partial charge in [-0.25, -0.2) is 8.42 Å². The van der Waals surface area contributed by atoms with E-state index in [0.717, 1.165) is 21.0 Å². The Labute approximate surface area is 283 Å².